The molecule has 0 radical (unpaired) electrons. The maximum atomic E-state index is 11.9. The summed E-state index contributed by atoms with van der Waals surface area (Å²) < 4.78 is 10.7. The topological polar surface area (TPSA) is 50.8 Å². The number of nitrogens with one attached hydrogen (secondary N) is 1. The molecular formula is C14H29ClN2O3. The van der Waals surface area contributed by atoms with Crippen LogP contribution in [0.2, 0.25) is 0 Å². The summed E-state index contributed by atoms with van der Waals surface area (Å²) in [6.45, 7) is 8.48. The largest absolute Gasteiger partial charge is 0.383 e. The van der Waals surface area contributed by atoms with Crippen LogP contribution >= 0.6 is 12.4 Å². The molecular weight excluding hydrogens is 280 g/mol. The zero-order valence-corrected chi connectivity index (χ0v) is 13.7. The molecule has 0 aromatic heterocycles. The highest BCUT2D eigenvalue weighted by Crippen LogP contribution is 2.13. The first kappa shape index (κ1) is 19.6. The molecule has 0 aliphatic carbocycles. The number of methoxy groups -OCH3 is 1. The maximum Gasteiger partial charge on any atom is 0.236 e. The fourth-order valence-electron chi connectivity index (χ4n) is 2.04. The monoisotopic (exact) mass is 308 g/mol. The van der Waals surface area contributed by atoms with Crippen LogP contribution in [-0.2, 0) is 14.3 Å². The Bertz CT molecular complexity index is 265. The SMILES string of the molecule is COCCNCC(=O)N1CCC(OCCC(C)C)C1.Cl. The molecule has 1 unspecified atom stereocenters. The van der Waals surface area contributed by atoms with Crippen LogP contribution in [0.3, 0.4) is 0 Å². The Morgan fingerprint density at radius 1 is 1.40 bits per heavy atom. The summed E-state index contributed by atoms with van der Waals surface area (Å²) in [4.78, 5) is 13.8. The van der Waals surface area contributed by atoms with E-state index < -0.39 is 0 Å². The summed E-state index contributed by atoms with van der Waals surface area (Å²) >= 11 is 0. The highest BCUT2D eigenvalue weighted by atomic mass is 35.5. The minimum atomic E-state index is 0. The normalized spacial score (nSPS) is 18.4. The molecule has 120 valence electrons. The lowest BCUT2D eigenvalue weighted by Gasteiger charge is -2.17. The van der Waals surface area contributed by atoms with Crippen molar-refractivity contribution in [3.8, 4) is 0 Å². The van der Waals surface area contributed by atoms with Crippen LogP contribution in [0.5, 0.6) is 0 Å². The van der Waals surface area contributed by atoms with Crippen molar-refractivity contribution in [3.05, 3.63) is 0 Å². The molecule has 0 aromatic carbocycles. The van der Waals surface area contributed by atoms with Crippen LogP contribution in [0.4, 0.5) is 0 Å². The Morgan fingerprint density at radius 3 is 2.80 bits per heavy atom. The number of hydrogen-bond donors (Lipinski definition) is 1. The van der Waals surface area contributed by atoms with Crippen molar-refractivity contribution >= 4 is 18.3 Å². The van der Waals surface area contributed by atoms with Gasteiger partial charge in [-0.25, -0.2) is 0 Å². The second-order valence-corrected chi connectivity index (χ2v) is 5.47. The highest BCUT2D eigenvalue weighted by molar-refractivity contribution is 5.85. The van der Waals surface area contributed by atoms with Gasteiger partial charge in [-0.3, -0.25) is 4.79 Å². The van der Waals surface area contributed by atoms with Crippen molar-refractivity contribution in [2.45, 2.75) is 32.8 Å². The minimum absolute atomic E-state index is 0. The van der Waals surface area contributed by atoms with Gasteiger partial charge in [0.1, 0.15) is 0 Å². The van der Waals surface area contributed by atoms with Gasteiger partial charge < -0.3 is 19.7 Å². The van der Waals surface area contributed by atoms with Gasteiger partial charge in [0, 0.05) is 33.4 Å². The lowest BCUT2D eigenvalue weighted by atomic mass is 10.1. The number of nitrogens with zero attached hydrogens (tertiary/aromatic N) is 1. The summed E-state index contributed by atoms with van der Waals surface area (Å²) in [6, 6.07) is 0. The van der Waals surface area contributed by atoms with E-state index in [0.29, 0.717) is 25.6 Å². The van der Waals surface area contributed by atoms with Crippen molar-refractivity contribution in [1.29, 1.82) is 0 Å². The average molecular weight is 309 g/mol. The van der Waals surface area contributed by atoms with Gasteiger partial charge in [-0.15, -0.1) is 12.4 Å². The summed E-state index contributed by atoms with van der Waals surface area (Å²) in [5.74, 6) is 0.829. The van der Waals surface area contributed by atoms with Gasteiger partial charge in [0.15, 0.2) is 0 Å². The lowest BCUT2D eigenvalue weighted by Crippen LogP contribution is -2.38. The first-order valence-corrected chi connectivity index (χ1v) is 7.22. The molecule has 0 bridgehead atoms. The fourth-order valence-corrected chi connectivity index (χ4v) is 2.04. The van der Waals surface area contributed by atoms with Crippen molar-refractivity contribution in [2.75, 3.05) is 46.5 Å². The van der Waals surface area contributed by atoms with Crippen LogP contribution in [0.1, 0.15) is 26.7 Å². The first-order valence-electron chi connectivity index (χ1n) is 7.22. The lowest BCUT2D eigenvalue weighted by molar-refractivity contribution is -0.129. The van der Waals surface area contributed by atoms with E-state index >= 15 is 0 Å². The van der Waals surface area contributed by atoms with Gasteiger partial charge in [0.2, 0.25) is 5.91 Å². The van der Waals surface area contributed by atoms with E-state index in [1.165, 1.54) is 0 Å². The summed E-state index contributed by atoms with van der Waals surface area (Å²) in [6.07, 6.45) is 2.27. The second kappa shape index (κ2) is 11.3. The van der Waals surface area contributed by atoms with Gasteiger partial charge >= 0.3 is 0 Å². The molecule has 0 aromatic rings. The van der Waals surface area contributed by atoms with E-state index in [1.807, 2.05) is 4.90 Å². The van der Waals surface area contributed by atoms with Gasteiger partial charge in [-0.2, -0.15) is 0 Å². The number of likely N-dealkylation sites (tertiary alicyclic amines) is 1. The maximum absolute atomic E-state index is 11.9. The molecule has 20 heavy (non-hydrogen) atoms. The molecule has 1 saturated heterocycles. The first-order chi connectivity index (χ1) is 9.13. The highest BCUT2D eigenvalue weighted by Gasteiger charge is 2.26. The average Bonchev–Trinajstić information content (AvgIpc) is 2.83. The second-order valence-electron chi connectivity index (χ2n) is 5.47. The van der Waals surface area contributed by atoms with E-state index in [2.05, 4.69) is 19.2 Å². The summed E-state index contributed by atoms with van der Waals surface area (Å²) in [5, 5.41) is 3.08. The smallest absolute Gasteiger partial charge is 0.236 e. The fraction of sp³-hybridized carbons (Fsp3) is 0.929. The Morgan fingerprint density at radius 2 is 2.15 bits per heavy atom. The molecule has 0 saturated carbocycles. The molecule has 1 heterocycles. The molecule has 1 amide bonds. The van der Waals surface area contributed by atoms with E-state index in [0.717, 1.165) is 32.5 Å². The molecule has 5 nitrogen and oxygen atoms in total. The van der Waals surface area contributed by atoms with Gasteiger partial charge in [-0.1, -0.05) is 13.8 Å². The van der Waals surface area contributed by atoms with E-state index in [9.17, 15) is 4.79 Å². The third-order valence-corrected chi connectivity index (χ3v) is 3.31. The Hall–Kier alpha value is -0.360. The number of hydrogen-bond acceptors (Lipinski definition) is 4. The van der Waals surface area contributed by atoms with Crippen LogP contribution in [0.25, 0.3) is 0 Å². The van der Waals surface area contributed by atoms with E-state index in [1.54, 1.807) is 7.11 Å². The zero-order chi connectivity index (χ0) is 14.1. The van der Waals surface area contributed by atoms with Crippen LogP contribution in [0, 0.1) is 5.92 Å². The van der Waals surface area contributed by atoms with Crippen molar-refractivity contribution in [3.63, 3.8) is 0 Å². The number of ether oxygens (including phenoxy) is 2. The van der Waals surface area contributed by atoms with Crippen molar-refractivity contribution < 1.29 is 14.3 Å². The van der Waals surface area contributed by atoms with E-state index in [-0.39, 0.29) is 24.4 Å². The number of carbonyl (C=O) groups excluding carboxylic acids is 1. The number of rotatable bonds is 9. The Balaban J connectivity index is 0.00000361. The molecule has 1 atom stereocenters. The Labute approximate surface area is 128 Å². The molecule has 1 aliphatic rings. The Kier molecular flexibility index (Phi) is 11.1. The quantitative estimate of drug-likeness (QED) is 0.653. The van der Waals surface area contributed by atoms with Crippen LogP contribution in [0.15, 0.2) is 0 Å². The number of halogens is 1. The van der Waals surface area contributed by atoms with Gasteiger partial charge in [-0.05, 0) is 18.8 Å². The van der Waals surface area contributed by atoms with Gasteiger partial charge in [0.25, 0.3) is 0 Å². The third kappa shape index (κ3) is 8.04. The summed E-state index contributed by atoms with van der Waals surface area (Å²) in [5.41, 5.74) is 0. The molecule has 1 fully saturated rings. The number of amides is 1. The molecule has 1 N–H and O–H groups in total. The minimum Gasteiger partial charge on any atom is -0.383 e. The zero-order valence-electron chi connectivity index (χ0n) is 12.9. The third-order valence-electron chi connectivity index (χ3n) is 3.31. The molecule has 1 aliphatic heterocycles. The van der Waals surface area contributed by atoms with E-state index in [4.69, 9.17) is 9.47 Å². The van der Waals surface area contributed by atoms with Crippen LogP contribution in [-0.4, -0.2) is 63.4 Å². The van der Waals surface area contributed by atoms with Crippen LogP contribution < -0.4 is 5.32 Å². The van der Waals surface area contributed by atoms with Gasteiger partial charge in [0.05, 0.1) is 19.3 Å². The van der Waals surface area contributed by atoms with Crippen molar-refractivity contribution in [1.82, 2.24) is 10.2 Å². The molecule has 1 rings (SSSR count). The molecule has 6 heteroatoms. The summed E-state index contributed by atoms with van der Waals surface area (Å²) in [7, 11) is 1.66. The standard InChI is InChI=1S/C14H28N2O3.ClH/c1-12(2)5-8-19-13-4-7-16(11-13)14(17)10-15-6-9-18-3;/h12-13,15H,4-11H2,1-3H3;1H. The van der Waals surface area contributed by atoms with Crippen molar-refractivity contribution in [2.24, 2.45) is 5.92 Å². The number of carbonyl (C=O) groups is 1. The predicted octanol–water partition coefficient (Wildman–Crippen LogP) is 1.31. The predicted molar refractivity (Wildman–Crippen MR) is 82.4 cm³/mol. The molecule has 0 spiro atoms.